The van der Waals surface area contributed by atoms with E-state index in [1.165, 1.54) is 12.8 Å². The fraction of sp³-hybridized carbons (Fsp3) is 0.769. The first kappa shape index (κ1) is 15.3. The van der Waals surface area contributed by atoms with Crippen LogP contribution in [0.15, 0.2) is 0 Å². The van der Waals surface area contributed by atoms with Crippen molar-refractivity contribution in [3.05, 3.63) is 5.28 Å². The van der Waals surface area contributed by atoms with E-state index in [0.29, 0.717) is 24.5 Å². The zero-order valence-corrected chi connectivity index (χ0v) is 12.6. The zero-order chi connectivity index (χ0) is 14.4. The standard InChI is InChI=1S/C13H22ClN5O/c1-2-7-15-12-16-11(14)17-13(18-12)19(8-9-20)10-5-3-4-6-10/h10,20H,2-9H2,1H3,(H,15,16,17,18). The molecular formula is C13H22ClN5O. The second kappa shape index (κ2) is 7.59. The molecule has 0 saturated heterocycles. The van der Waals surface area contributed by atoms with Gasteiger partial charge >= 0.3 is 0 Å². The summed E-state index contributed by atoms with van der Waals surface area (Å²) in [4.78, 5) is 14.8. The third-order valence-electron chi connectivity index (χ3n) is 3.49. The second-order valence-electron chi connectivity index (χ2n) is 5.01. The minimum absolute atomic E-state index is 0.0809. The van der Waals surface area contributed by atoms with Crippen LogP contribution in [0.1, 0.15) is 39.0 Å². The van der Waals surface area contributed by atoms with Gasteiger partial charge in [0.2, 0.25) is 17.2 Å². The van der Waals surface area contributed by atoms with E-state index in [-0.39, 0.29) is 11.9 Å². The maximum Gasteiger partial charge on any atom is 0.231 e. The van der Waals surface area contributed by atoms with Crippen LogP contribution in [0.25, 0.3) is 0 Å². The number of aliphatic hydroxyl groups excluding tert-OH is 1. The number of nitrogens with zero attached hydrogens (tertiary/aromatic N) is 4. The highest BCUT2D eigenvalue weighted by molar-refractivity contribution is 6.28. The predicted molar refractivity (Wildman–Crippen MR) is 80.3 cm³/mol. The van der Waals surface area contributed by atoms with Crippen molar-refractivity contribution in [3.8, 4) is 0 Å². The number of hydrogen-bond donors (Lipinski definition) is 2. The summed E-state index contributed by atoms with van der Waals surface area (Å²) in [6.07, 6.45) is 5.64. The van der Waals surface area contributed by atoms with E-state index >= 15 is 0 Å². The minimum atomic E-state index is 0.0809. The SMILES string of the molecule is CCCNc1nc(Cl)nc(N(CCO)C2CCCC2)n1. The van der Waals surface area contributed by atoms with Gasteiger partial charge in [0.25, 0.3) is 0 Å². The monoisotopic (exact) mass is 299 g/mol. The van der Waals surface area contributed by atoms with Crippen LogP contribution in [0.2, 0.25) is 5.28 Å². The molecular weight excluding hydrogens is 278 g/mol. The maximum absolute atomic E-state index is 9.28. The third kappa shape index (κ3) is 3.93. The Kier molecular flexibility index (Phi) is 5.79. The van der Waals surface area contributed by atoms with Gasteiger partial charge in [0.05, 0.1) is 6.61 Å². The van der Waals surface area contributed by atoms with Gasteiger partial charge in [-0.15, -0.1) is 0 Å². The van der Waals surface area contributed by atoms with Crippen LogP contribution < -0.4 is 10.2 Å². The van der Waals surface area contributed by atoms with Crippen molar-refractivity contribution in [3.63, 3.8) is 0 Å². The van der Waals surface area contributed by atoms with Gasteiger partial charge in [-0.2, -0.15) is 15.0 Å². The Hall–Kier alpha value is -1.14. The molecule has 1 saturated carbocycles. The van der Waals surface area contributed by atoms with E-state index in [4.69, 9.17) is 11.6 Å². The van der Waals surface area contributed by atoms with Crippen LogP contribution >= 0.6 is 11.6 Å². The molecule has 0 amide bonds. The Balaban J connectivity index is 2.19. The lowest BCUT2D eigenvalue weighted by atomic mass is 10.2. The molecule has 0 atom stereocenters. The molecule has 1 fully saturated rings. The van der Waals surface area contributed by atoms with E-state index in [1.54, 1.807) is 0 Å². The van der Waals surface area contributed by atoms with Crippen LogP contribution in [0, 0.1) is 0 Å². The quantitative estimate of drug-likeness (QED) is 0.803. The van der Waals surface area contributed by atoms with Gasteiger partial charge < -0.3 is 15.3 Å². The molecule has 1 aromatic rings. The van der Waals surface area contributed by atoms with Gasteiger partial charge in [0.1, 0.15) is 0 Å². The molecule has 0 spiro atoms. The molecule has 2 N–H and O–H groups in total. The molecule has 1 aliphatic rings. The zero-order valence-electron chi connectivity index (χ0n) is 11.8. The van der Waals surface area contributed by atoms with Gasteiger partial charge in [0.15, 0.2) is 0 Å². The second-order valence-corrected chi connectivity index (χ2v) is 5.35. The molecule has 6 nitrogen and oxygen atoms in total. The smallest absolute Gasteiger partial charge is 0.231 e. The molecule has 0 bridgehead atoms. The van der Waals surface area contributed by atoms with Gasteiger partial charge in [-0.05, 0) is 30.9 Å². The topological polar surface area (TPSA) is 74.2 Å². The Morgan fingerprint density at radius 3 is 2.70 bits per heavy atom. The van der Waals surface area contributed by atoms with Crippen molar-refractivity contribution in [1.82, 2.24) is 15.0 Å². The summed E-state index contributed by atoms with van der Waals surface area (Å²) in [5.74, 6) is 1.06. The van der Waals surface area contributed by atoms with Crippen LogP contribution in [-0.2, 0) is 0 Å². The number of hydrogen-bond acceptors (Lipinski definition) is 6. The van der Waals surface area contributed by atoms with Crippen molar-refractivity contribution < 1.29 is 5.11 Å². The number of halogens is 1. The fourth-order valence-electron chi connectivity index (χ4n) is 2.55. The number of aromatic nitrogens is 3. The number of rotatable bonds is 7. The van der Waals surface area contributed by atoms with Crippen molar-refractivity contribution in [2.45, 2.75) is 45.1 Å². The normalized spacial score (nSPS) is 15.6. The van der Waals surface area contributed by atoms with Crippen LogP contribution in [0.5, 0.6) is 0 Å². The Labute approximate surface area is 124 Å². The molecule has 0 radical (unpaired) electrons. The average Bonchev–Trinajstić information content (AvgIpc) is 2.95. The first-order chi connectivity index (χ1) is 9.74. The predicted octanol–water partition coefficient (Wildman–Crippen LogP) is 2.09. The summed E-state index contributed by atoms with van der Waals surface area (Å²) < 4.78 is 0. The molecule has 0 unspecified atom stereocenters. The minimum Gasteiger partial charge on any atom is -0.395 e. The summed E-state index contributed by atoms with van der Waals surface area (Å²) in [6, 6.07) is 0.389. The molecule has 0 aliphatic heterocycles. The van der Waals surface area contributed by atoms with Crippen LogP contribution in [0.3, 0.4) is 0 Å². The molecule has 7 heteroatoms. The van der Waals surface area contributed by atoms with Crippen molar-refractivity contribution in [1.29, 1.82) is 0 Å². The molecule has 1 aliphatic carbocycles. The summed E-state index contributed by atoms with van der Waals surface area (Å²) >= 11 is 5.99. The van der Waals surface area contributed by atoms with E-state index < -0.39 is 0 Å². The van der Waals surface area contributed by atoms with E-state index in [9.17, 15) is 5.11 Å². The van der Waals surface area contributed by atoms with Crippen molar-refractivity contribution >= 4 is 23.5 Å². The molecule has 1 heterocycles. The first-order valence-corrected chi connectivity index (χ1v) is 7.65. The number of nitrogens with one attached hydrogen (secondary N) is 1. The Bertz CT molecular complexity index is 425. The highest BCUT2D eigenvalue weighted by Gasteiger charge is 2.25. The van der Waals surface area contributed by atoms with Crippen molar-refractivity contribution in [2.75, 3.05) is 29.9 Å². The molecule has 20 heavy (non-hydrogen) atoms. The largest absolute Gasteiger partial charge is 0.395 e. The number of aliphatic hydroxyl groups is 1. The van der Waals surface area contributed by atoms with E-state index in [0.717, 1.165) is 25.8 Å². The molecule has 0 aromatic carbocycles. The Morgan fingerprint density at radius 2 is 2.05 bits per heavy atom. The maximum atomic E-state index is 9.28. The summed E-state index contributed by atoms with van der Waals surface area (Å²) in [5, 5.41) is 12.6. The van der Waals surface area contributed by atoms with Crippen LogP contribution in [-0.4, -0.2) is 45.8 Å². The van der Waals surface area contributed by atoms with Gasteiger partial charge in [-0.25, -0.2) is 0 Å². The summed E-state index contributed by atoms with van der Waals surface area (Å²) in [6.45, 7) is 3.48. The summed E-state index contributed by atoms with van der Waals surface area (Å²) in [7, 11) is 0. The lowest BCUT2D eigenvalue weighted by Crippen LogP contribution is -2.37. The molecule has 112 valence electrons. The lowest BCUT2D eigenvalue weighted by Gasteiger charge is -2.28. The van der Waals surface area contributed by atoms with Gasteiger partial charge in [-0.1, -0.05) is 19.8 Å². The number of anilines is 2. The highest BCUT2D eigenvalue weighted by Crippen LogP contribution is 2.26. The average molecular weight is 300 g/mol. The fourth-order valence-corrected chi connectivity index (χ4v) is 2.71. The molecule has 2 rings (SSSR count). The van der Waals surface area contributed by atoms with Gasteiger partial charge in [0, 0.05) is 19.1 Å². The van der Waals surface area contributed by atoms with Crippen LogP contribution in [0.4, 0.5) is 11.9 Å². The van der Waals surface area contributed by atoms with Crippen molar-refractivity contribution in [2.24, 2.45) is 0 Å². The summed E-state index contributed by atoms with van der Waals surface area (Å²) in [5.41, 5.74) is 0. The van der Waals surface area contributed by atoms with E-state index in [1.807, 2.05) is 0 Å². The Morgan fingerprint density at radius 1 is 1.30 bits per heavy atom. The first-order valence-electron chi connectivity index (χ1n) is 7.27. The lowest BCUT2D eigenvalue weighted by molar-refractivity contribution is 0.296. The third-order valence-corrected chi connectivity index (χ3v) is 3.66. The highest BCUT2D eigenvalue weighted by atomic mass is 35.5. The molecule has 1 aromatic heterocycles. The van der Waals surface area contributed by atoms with Gasteiger partial charge in [-0.3, -0.25) is 0 Å². The van der Waals surface area contributed by atoms with E-state index in [2.05, 4.69) is 32.1 Å².